The number of rotatable bonds is 6. The second kappa shape index (κ2) is 8.70. The first kappa shape index (κ1) is 20.9. The maximum absolute atomic E-state index is 13.0. The van der Waals surface area contributed by atoms with Crippen LogP contribution in [0, 0.1) is 6.92 Å². The molecule has 0 aromatic heterocycles. The van der Waals surface area contributed by atoms with Gasteiger partial charge in [0.05, 0.1) is 25.4 Å². The summed E-state index contributed by atoms with van der Waals surface area (Å²) in [6, 6.07) is 9.33. The zero-order valence-corrected chi connectivity index (χ0v) is 17.2. The van der Waals surface area contributed by atoms with Crippen molar-refractivity contribution >= 4 is 11.9 Å². The first-order valence-electron chi connectivity index (χ1n) is 9.89. The molecule has 0 heterocycles. The van der Waals surface area contributed by atoms with Gasteiger partial charge in [-0.05, 0) is 31.4 Å². The summed E-state index contributed by atoms with van der Waals surface area (Å²) in [5, 5.41) is 22.3. The summed E-state index contributed by atoms with van der Waals surface area (Å²) in [5.41, 5.74) is 1.09. The number of hydrogen-bond donors (Lipinski definition) is 2. The van der Waals surface area contributed by atoms with Crippen LogP contribution < -0.4 is 9.47 Å². The summed E-state index contributed by atoms with van der Waals surface area (Å²) in [6.45, 7) is 2.00. The van der Waals surface area contributed by atoms with Gasteiger partial charge in [0.25, 0.3) is 0 Å². The molecule has 0 aliphatic heterocycles. The first-order valence-corrected chi connectivity index (χ1v) is 9.89. The number of hydrogen-bond acceptors (Lipinski definition) is 5. The van der Waals surface area contributed by atoms with Crippen molar-refractivity contribution in [3.63, 3.8) is 0 Å². The fraction of sp³-hybridized carbons (Fsp3) is 0.375. The molecule has 5 heteroatoms. The van der Waals surface area contributed by atoms with Crippen molar-refractivity contribution in [1.29, 1.82) is 0 Å². The van der Waals surface area contributed by atoms with Gasteiger partial charge in [-0.15, -0.1) is 0 Å². The van der Waals surface area contributed by atoms with Crippen LogP contribution in [0.4, 0.5) is 0 Å². The van der Waals surface area contributed by atoms with E-state index in [2.05, 4.69) is 0 Å². The third kappa shape index (κ3) is 4.30. The molecule has 2 aromatic carbocycles. The molecule has 0 amide bonds. The summed E-state index contributed by atoms with van der Waals surface area (Å²) in [5.74, 6) is -0.142. The molecule has 154 valence electrons. The fourth-order valence-corrected chi connectivity index (χ4v) is 3.95. The smallest absolute Gasteiger partial charge is 0.193 e. The van der Waals surface area contributed by atoms with Crippen LogP contribution >= 0.6 is 0 Å². The topological polar surface area (TPSA) is 76.0 Å². The molecule has 5 nitrogen and oxygen atoms in total. The lowest BCUT2D eigenvalue weighted by Gasteiger charge is -2.34. The Balaban J connectivity index is 2.06. The zero-order chi connectivity index (χ0) is 21.0. The van der Waals surface area contributed by atoms with Gasteiger partial charge in [-0.3, -0.25) is 4.79 Å². The van der Waals surface area contributed by atoms with E-state index < -0.39 is 11.4 Å². The molecule has 2 N–H and O–H groups in total. The number of ketones is 1. The Bertz CT molecular complexity index is 906. The highest BCUT2D eigenvalue weighted by atomic mass is 16.5. The summed E-state index contributed by atoms with van der Waals surface area (Å²) >= 11 is 0. The standard InChI is InChI=1S/C24H28O5/c1-16-7-9-17(10-8-16)11-12-18(25)21-19(28-2)15-20(29-3)22(23(21)26)24(27)13-5-4-6-14-24/h7-12,15,26-27H,4-6,13-14H2,1-3H3. The number of ether oxygens (including phenoxy) is 2. The highest BCUT2D eigenvalue weighted by Crippen LogP contribution is 2.49. The van der Waals surface area contributed by atoms with Gasteiger partial charge in [-0.1, -0.05) is 55.2 Å². The lowest BCUT2D eigenvalue weighted by atomic mass is 9.78. The monoisotopic (exact) mass is 396 g/mol. The number of allylic oxidation sites excluding steroid dienone is 1. The predicted molar refractivity (Wildman–Crippen MR) is 113 cm³/mol. The molecule has 2 aromatic rings. The van der Waals surface area contributed by atoms with Gasteiger partial charge in [0.15, 0.2) is 5.78 Å². The van der Waals surface area contributed by atoms with Crippen molar-refractivity contribution in [2.24, 2.45) is 0 Å². The van der Waals surface area contributed by atoms with E-state index in [-0.39, 0.29) is 22.6 Å². The van der Waals surface area contributed by atoms with Crippen molar-refractivity contribution < 1.29 is 24.5 Å². The van der Waals surface area contributed by atoms with Crippen LogP contribution in [-0.2, 0) is 5.60 Å². The van der Waals surface area contributed by atoms with Gasteiger partial charge in [0, 0.05) is 6.07 Å². The molecule has 29 heavy (non-hydrogen) atoms. The largest absolute Gasteiger partial charge is 0.506 e. The lowest BCUT2D eigenvalue weighted by Crippen LogP contribution is -2.29. The van der Waals surface area contributed by atoms with Gasteiger partial charge in [0.2, 0.25) is 0 Å². The van der Waals surface area contributed by atoms with Gasteiger partial charge in [0.1, 0.15) is 22.8 Å². The highest BCUT2D eigenvalue weighted by molar-refractivity contribution is 6.11. The number of carbonyl (C=O) groups is 1. The third-order valence-electron chi connectivity index (χ3n) is 5.57. The number of aromatic hydroxyl groups is 1. The maximum Gasteiger partial charge on any atom is 0.193 e. The minimum atomic E-state index is -1.23. The van der Waals surface area contributed by atoms with Gasteiger partial charge in [-0.2, -0.15) is 0 Å². The molecule has 1 fully saturated rings. The molecular weight excluding hydrogens is 368 g/mol. The van der Waals surface area contributed by atoms with E-state index in [0.29, 0.717) is 18.6 Å². The average molecular weight is 396 g/mol. The van der Waals surface area contributed by atoms with Crippen LogP contribution in [0.25, 0.3) is 6.08 Å². The Morgan fingerprint density at radius 1 is 1.03 bits per heavy atom. The van der Waals surface area contributed by atoms with Crippen LogP contribution in [0.3, 0.4) is 0 Å². The number of aryl methyl sites for hydroxylation is 1. The van der Waals surface area contributed by atoms with Crippen LogP contribution in [0.15, 0.2) is 36.4 Å². The number of methoxy groups -OCH3 is 2. The van der Waals surface area contributed by atoms with E-state index in [9.17, 15) is 15.0 Å². The molecule has 1 aliphatic rings. The Kier molecular flexibility index (Phi) is 6.28. The van der Waals surface area contributed by atoms with Gasteiger partial charge >= 0.3 is 0 Å². The normalized spacial score (nSPS) is 16.0. The van der Waals surface area contributed by atoms with Crippen molar-refractivity contribution in [2.75, 3.05) is 14.2 Å². The number of carbonyl (C=O) groups excluding carboxylic acids is 1. The number of phenolic OH excluding ortho intramolecular Hbond substituents is 1. The molecule has 0 bridgehead atoms. The second-order valence-corrected chi connectivity index (χ2v) is 7.58. The van der Waals surface area contributed by atoms with E-state index in [4.69, 9.17) is 9.47 Å². The van der Waals surface area contributed by atoms with Crippen LogP contribution in [0.1, 0.15) is 59.2 Å². The molecule has 1 aliphatic carbocycles. The minimum absolute atomic E-state index is 0.0330. The molecular formula is C24H28O5. The second-order valence-electron chi connectivity index (χ2n) is 7.58. The Morgan fingerprint density at radius 3 is 2.24 bits per heavy atom. The van der Waals surface area contributed by atoms with Crippen molar-refractivity contribution in [1.82, 2.24) is 0 Å². The fourth-order valence-electron chi connectivity index (χ4n) is 3.95. The molecule has 0 atom stereocenters. The molecule has 0 spiro atoms. The maximum atomic E-state index is 13.0. The zero-order valence-electron chi connectivity index (χ0n) is 17.2. The quantitative estimate of drug-likeness (QED) is 0.544. The SMILES string of the molecule is COc1cc(OC)c(C2(O)CCCCC2)c(O)c1C(=O)C=Cc1ccc(C)cc1. The summed E-state index contributed by atoms with van der Waals surface area (Å²) in [4.78, 5) is 13.0. The highest BCUT2D eigenvalue weighted by Gasteiger charge is 2.39. The molecule has 0 saturated heterocycles. The van der Waals surface area contributed by atoms with E-state index in [1.807, 2.05) is 31.2 Å². The number of phenols is 1. The average Bonchev–Trinajstić information content (AvgIpc) is 2.72. The summed E-state index contributed by atoms with van der Waals surface area (Å²) in [7, 11) is 2.91. The Morgan fingerprint density at radius 2 is 1.66 bits per heavy atom. The number of benzene rings is 2. The number of aliphatic hydroxyl groups is 1. The lowest BCUT2D eigenvalue weighted by molar-refractivity contribution is -0.00462. The van der Waals surface area contributed by atoms with Crippen molar-refractivity contribution in [3.8, 4) is 17.2 Å². The molecule has 1 saturated carbocycles. The third-order valence-corrected chi connectivity index (χ3v) is 5.57. The van der Waals surface area contributed by atoms with E-state index in [1.165, 1.54) is 20.3 Å². The Hall–Kier alpha value is -2.79. The van der Waals surface area contributed by atoms with Crippen molar-refractivity contribution in [3.05, 3.63) is 58.7 Å². The van der Waals surface area contributed by atoms with E-state index in [0.717, 1.165) is 30.4 Å². The van der Waals surface area contributed by atoms with E-state index in [1.54, 1.807) is 12.1 Å². The van der Waals surface area contributed by atoms with E-state index >= 15 is 0 Å². The van der Waals surface area contributed by atoms with Crippen molar-refractivity contribution in [2.45, 2.75) is 44.6 Å². The Labute approximate surface area is 171 Å². The summed E-state index contributed by atoms with van der Waals surface area (Å²) in [6.07, 6.45) is 6.85. The van der Waals surface area contributed by atoms with Crippen LogP contribution in [-0.4, -0.2) is 30.2 Å². The van der Waals surface area contributed by atoms with Crippen LogP contribution in [0.5, 0.6) is 17.2 Å². The summed E-state index contributed by atoms with van der Waals surface area (Å²) < 4.78 is 10.8. The predicted octanol–water partition coefficient (Wildman–Crippen LogP) is 4.77. The van der Waals surface area contributed by atoms with Gasteiger partial charge < -0.3 is 19.7 Å². The molecule has 0 unspecified atom stereocenters. The van der Waals surface area contributed by atoms with Gasteiger partial charge in [-0.25, -0.2) is 0 Å². The molecule has 3 rings (SSSR count). The molecule has 0 radical (unpaired) electrons. The first-order chi connectivity index (χ1) is 13.9. The van der Waals surface area contributed by atoms with Crippen LogP contribution in [0.2, 0.25) is 0 Å². The minimum Gasteiger partial charge on any atom is -0.506 e.